The molecule has 0 aliphatic rings. The molecule has 1 rings (SSSR count). The Morgan fingerprint density at radius 1 is 1.16 bits per heavy atom. The van der Waals surface area contributed by atoms with Gasteiger partial charge in [-0.05, 0) is 44.9 Å². The van der Waals surface area contributed by atoms with Crippen molar-refractivity contribution in [1.82, 2.24) is 10.3 Å². The van der Waals surface area contributed by atoms with E-state index in [1.165, 1.54) is 0 Å². The van der Waals surface area contributed by atoms with Crippen LogP contribution in [0.5, 0.6) is 0 Å². The minimum Gasteiger partial charge on any atom is -0.351 e. The van der Waals surface area contributed by atoms with Crippen LogP contribution in [0.2, 0.25) is 0 Å². The van der Waals surface area contributed by atoms with Crippen LogP contribution < -0.4 is 5.32 Å². The minimum atomic E-state index is -0.273. The van der Waals surface area contributed by atoms with E-state index in [9.17, 15) is 0 Å². The van der Waals surface area contributed by atoms with Gasteiger partial charge in [0.25, 0.3) is 0 Å². The van der Waals surface area contributed by atoms with Gasteiger partial charge in [-0.15, -0.1) is 0 Å². The molecule has 0 aromatic carbocycles. The van der Waals surface area contributed by atoms with Gasteiger partial charge in [-0.1, -0.05) is 13.0 Å². The van der Waals surface area contributed by atoms with Crippen molar-refractivity contribution in [2.75, 3.05) is 19.8 Å². The van der Waals surface area contributed by atoms with E-state index in [0.717, 1.165) is 24.1 Å². The van der Waals surface area contributed by atoms with Crippen LogP contribution in [-0.2, 0) is 9.47 Å². The summed E-state index contributed by atoms with van der Waals surface area (Å²) in [5.41, 5.74) is 2.26. The molecule has 1 atom stereocenters. The first kappa shape index (κ1) is 16.1. The van der Waals surface area contributed by atoms with Gasteiger partial charge in [-0.25, -0.2) is 0 Å². The molecule has 4 heteroatoms. The third kappa shape index (κ3) is 5.27. The quantitative estimate of drug-likeness (QED) is 0.698. The van der Waals surface area contributed by atoms with Crippen LogP contribution in [0.1, 0.15) is 44.4 Å². The van der Waals surface area contributed by atoms with Gasteiger partial charge in [0.15, 0.2) is 6.29 Å². The molecule has 1 heterocycles. The van der Waals surface area contributed by atoms with Gasteiger partial charge in [0.2, 0.25) is 0 Å². The SMILES string of the molecule is CCCNC(c1cncc(C)c1)C(OCC)OCC. The first-order valence-electron chi connectivity index (χ1n) is 7.11. The monoisotopic (exact) mass is 266 g/mol. The third-order valence-corrected chi connectivity index (χ3v) is 2.80. The van der Waals surface area contributed by atoms with Gasteiger partial charge in [-0.3, -0.25) is 4.98 Å². The maximum absolute atomic E-state index is 5.72. The van der Waals surface area contributed by atoms with Crippen LogP contribution in [0, 0.1) is 6.92 Å². The van der Waals surface area contributed by atoms with E-state index >= 15 is 0 Å². The highest BCUT2D eigenvalue weighted by molar-refractivity contribution is 5.20. The summed E-state index contributed by atoms with van der Waals surface area (Å²) >= 11 is 0. The summed E-state index contributed by atoms with van der Waals surface area (Å²) < 4.78 is 11.4. The Hall–Kier alpha value is -0.970. The second kappa shape index (κ2) is 9.02. The Morgan fingerprint density at radius 3 is 2.37 bits per heavy atom. The number of aromatic nitrogens is 1. The van der Waals surface area contributed by atoms with Crippen molar-refractivity contribution in [2.45, 2.75) is 46.4 Å². The Kier molecular flexibility index (Phi) is 7.63. The van der Waals surface area contributed by atoms with Crippen molar-refractivity contribution in [3.63, 3.8) is 0 Å². The zero-order valence-electron chi connectivity index (χ0n) is 12.5. The minimum absolute atomic E-state index is 0.0206. The molecule has 0 aliphatic heterocycles. The zero-order chi connectivity index (χ0) is 14.1. The molecule has 0 saturated heterocycles. The molecule has 1 aromatic rings. The van der Waals surface area contributed by atoms with Crippen molar-refractivity contribution < 1.29 is 9.47 Å². The lowest BCUT2D eigenvalue weighted by atomic mass is 10.1. The number of aryl methyl sites for hydroxylation is 1. The average Bonchev–Trinajstić information content (AvgIpc) is 2.40. The summed E-state index contributed by atoms with van der Waals surface area (Å²) in [6, 6.07) is 2.15. The Labute approximate surface area is 116 Å². The molecule has 0 aliphatic carbocycles. The lowest BCUT2D eigenvalue weighted by molar-refractivity contribution is -0.155. The predicted molar refractivity (Wildman–Crippen MR) is 77.0 cm³/mol. The van der Waals surface area contributed by atoms with Crippen molar-refractivity contribution in [3.8, 4) is 0 Å². The first-order chi connectivity index (χ1) is 9.22. The molecular formula is C15H26N2O2. The summed E-state index contributed by atoms with van der Waals surface area (Å²) in [5, 5.41) is 3.49. The molecule has 0 bridgehead atoms. The van der Waals surface area contributed by atoms with E-state index in [0.29, 0.717) is 13.2 Å². The summed E-state index contributed by atoms with van der Waals surface area (Å²) in [5.74, 6) is 0. The van der Waals surface area contributed by atoms with Crippen LogP contribution in [0.4, 0.5) is 0 Å². The number of pyridine rings is 1. The van der Waals surface area contributed by atoms with Gasteiger partial charge in [0.1, 0.15) is 0 Å². The lowest BCUT2D eigenvalue weighted by Gasteiger charge is -2.28. The van der Waals surface area contributed by atoms with Gasteiger partial charge in [-0.2, -0.15) is 0 Å². The summed E-state index contributed by atoms with van der Waals surface area (Å²) in [4.78, 5) is 4.26. The maximum atomic E-state index is 5.72. The van der Waals surface area contributed by atoms with Crippen molar-refractivity contribution in [3.05, 3.63) is 29.6 Å². The average molecular weight is 266 g/mol. The number of ether oxygens (including phenoxy) is 2. The summed E-state index contributed by atoms with van der Waals surface area (Å²) in [7, 11) is 0. The summed E-state index contributed by atoms with van der Waals surface area (Å²) in [6.45, 7) is 10.4. The van der Waals surface area contributed by atoms with Crippen molar-refractivity contribution in [2.24, 2.45) is 0 Å². The third-order valence-electron chi connectivity index (χ3n) is 2.80. The molecule has 0 radical (unpaired) electrons. The highest BCUT2D eigenvalue weighted by atomic mass is 16.7. The molecule has 0 saturated carbocycles. The van der Waals surface area contributed by atoms with Crippen LogP contribution in [0.25, 0.3) is 0 Å². The molecule has 1 N–H and O–H groups in total. The second-order valence-corrected chi connectivity index (χ2v) is 4.51. The molecule has 1 aromatic heterocycles. The van der Waals surface area contributed by atoms with Gasteiger partial charge >= 0.3 is 0 Å². The van der Waals surface area contributed by atoms with Crippen LogP contribution >= 0.6 is 0 Å². The molecular weight excluding hydrogens is 240 g/mol. The molecule has 0 spiro atoms. The lowest BCUT2D eigenvalue weighted by Crippen LogP contribution is -2.36. The van der Waals surface area contributed by atoms with Gasteiger partial charge in [0, 0.05) is 25.6 Å². The number of hydrogen-bond acceptors (Lipinski definition) is 4. The van der Waals surface area contributed by atoms with Gasteiger partial charge in [0.05, 0.1) is 6.04 Å². The van der Waals surface area contributed by atoms with Crippen LogP contribution in [0.15, 0.2) is 18.5 Å². The number of rotatable bonds is 9. The number of hydrogen-bond donors (Lipinski definition) is 1. The van der Waals surface area contributed by atoms with E-state index in [-0.39, 0.29) is 12.3 Å². The molecule has 19 heavy (non-hydrogen) atoms. The Balaban J connectivity index is 2.90. The zero-order valence-corrected chi connectivity index (χ0v) is 12.5. The fourth-order valence-corrected chi connectivity index (χ4v) is 1.99. The number of nitrogens with one attached hydrogen (secondary N) is 1. The molecule has 0 fully saturated rings. The standard InChI is InChI=1S/C15H26N2O2/c1-5-8-17-14(15(18-6-2)19-7-3)13-9-12(4)10-16-11-13/h9-11,14-15,17H,5-8H2,1-4H3. The fraction of sp³-hybridized carbons (Fsp3) is 0.667. The fourth-order valence-electron chi connectivity index (χ4n) is 1.99. The second-order valence-electron chi connectivity index (χ2n) is 4.51. The Bertz CT molecular complexity index is 352. The topological polar surface area (TPSA) is 43.4 Å². The predicted octanol–water partition coefficient (Wildman–Crippen LogP) is 2.83. The van der Waals surface area contributed by atoms with Crippen molar-refractivity contribution >= 4 is 0 Å². The smallest absolute Gasteiger partial charge is 0.176 e. The van der Waals surface area contributed by atoms with E-state index in [1.807, 2.05) is 33.2 Å². The van der Waals surface area contributed by atoms with Crippen LogP contribution in [-0.4, -0.2) is 31.0 Å². The largest absolute Gasteiger partial charge is 0.351 e. The maximum Gasteiger partial charge on any atom is 0.176 e. The normalized spacial score (nSPS) is 12.9. The van der Waals surface area contributed by atoms with Crippen molar-refractivity contribution in [1.29, 1.82) is 0 Å². The highest BCUT2D eigenvalue weighted by Gasteiger charge is 2.23. The van der Waals surface area contributed by atoms with E-state index < -0.39 is 0 Å². The highest BCUT2D eigenvalue weighted by Crippen LogP contribution is 2.21. The molecule has 108 valence electrons. The number of nitrogens with zero attached hydrogens (tertiary/aromatic N) is 1. The van der Waals surface area contributed by atoms with Crippen LogP contribution in [0.3, 0.4) is 0 Å². The van der Waals surface area contributed by atoms with Gasteiger partial charge < -0.3 is 14.8 Å². The van der Waals surface area contributed by atoms with E-state index in [1.54, 1.807) is 0 Å². The van der Waals surface area contributed by atoms with E-state index in [4.69, 9.17) is 9.47 Å². The van der Waals surface area contributed by atoms with E-state index in [2.05, 4.69) is 23.3 Å². The summed E-state index contributed by atoms with van der Waals surface area (Å²) in [6.07, 6.45) is 4.54. The molecule has 4 nitrogen and oxygen atoms in total. The molecule has 1 unspecified atom stereocenters. The first-order valence-corrected chi connectivity index (χ1v) is 7.11. The molecule has 0 amide bonds. The Morgan fingerprint density at radius 2 is 1.84 bits per heavy atom.